The Morgan fingerprint density at radius 1 is 1.35 bits per heavy atom. The lowest BCUT2D eigenvalue weighted by molar-refractivity contribution is 0.0935. The summed E-state index contributed by atoms with van der Waals surface area (Å²) in [5, 5.41) is 7.81. The molecule has 0 radical (unpaired) electrons. The highest BCUT2D eigenvalue weighted by atomic mass is 16.5. The van der Waals surface area contributed by atoms with Crippen molar-refractivity contribution in [2.45, 2.75) is 53.0 Å². The van der Waals surface area contributed by atoms with Crippen LogP contribution >= 0.6 is 0 Å². The first-order valence-corrected chi connectivity index (χ1v) is 8.11. The van der Waals surface area contributed by atoms with Gasteiger partial charge in [-0.2, -0.15) is 0 Å². The van der Waals surface area contributed by atoms with Gasteiger partial charge in [0.1, 0.15) is 0 Å². The van der Waals surface area contributed by atoms with E-state index in [2.05, 4.69) is 29.3 Å². The zero-order valence-electron chi connectivity index (χ0n) is 14.5. The number of hydrogen-bond acceptors (Lipinski definition) is 5. The predicted octanol–water partition coefficient (Wildman–Crippen LogP) is 2.76. The second kappa shape index (κ2) is 7.08. The SMILES string of the molecule is Cc1cc(C(=O)NC(CN)CC(C)C)c2c(C(C)C)noc2n1. The zero-order valence-corrected chi connectivity index (χ0v) is 14.5. The number of rotatable bonds is 6. The molecule has 2 aromatic heterocycles. The monoisotopic (exact) mass is 318 g/mol. The van der Waals surface area contributed by atoms with Crippen molar-refractivity contribution in [2.24, 2.45) is 11.7 Å². The van der Waals surface area contributed by atoms with Crippen LogP contribution in [0, 0.1) is 12.8 Å². The molecule has 0 aliphatic carbocycles. The predicted molar refractivity (Wildman–Crippen MR) is 90.4 cm³/mol. The molecular formula is C17H26N4O2. The highest BCUT2D eigenvalue weighted by molar-refractivity contribution is 6.06. The number of fused-ring (bicyclic) bond motifs is 1. The molecule has 2 rings (SSSR count). The van der Waals surface area contributed by atoms with Crippen LogP contribution in [-0.2, 0) is 0 Å². The highest BCUT2D eigenvalue weighted by Gasteiger charge is 2.23. The fraction of sp³-hybridized carbons (Fsp3) is 0.588. The maximum absolute atomic E-state index is 12.8. The number of nitrogens with one attached hydrogen (secondary N) is 1. The Bertz CT molecular complexity index is 691. The normalized spacial score (nSPS) is 13.0. The first kappa shape index (κ1) is 17.4. The van der Waals surface area contributed by atoms with Crippen molar-refractivity contribution >= 4 is 17.0 Å². The summed E-state index contributed by atoms with van der Waals surface area (Å²) in [5.41, 5.74) is 8.23. The first-order valence-electron chi connectivity index (χ1n) is 8.11. The molecule has 1 atom stereocenters. The van der Waals surface area contributed by atoms with E-state index in [1.165, 1.54) is 0 Å². The number of aryl methyl sites for hydroxylation is 1. The summed E-state index contributed by atoms with van der Waals surface area (Å²) in [7, 11) is 0. The standard InChI is InChI=1S/C17H26N4O2/c1-9(2)6-12(8-18)20-16(22)13-7-11(5)19-17-14(13)15(10(3)4)21-23-17/h7,9-10,12H,6,8,18H2,1-5H3,(H,20,22). The van der Waals surface area contributed by atoms with Gasteiger partial charge in [-0.3, -0.25) is 4.79 Å². The molecular weight excluding hydrogens is 292 g/mol. The molecule has 2 heterocycles. The Labute approximate surface area is 136 Å². The Morgan fingerprint density at radius 2 is 2.04 bits per heavy atom. The summed E-state index contributed by atoms with van der Waals surface area (Å²) in [6.45, 7) is 10.5. The van der Waals surface area contributed by atoms with Gasteiger partial charge in [0.2, 0.25) is 0 Å². The van der Waals surface area contributed by atoms with Gasteiger partial charge < -0.3 is 15.6 Å². The van der Waals surface area contributed by atoms with Crippen LogP contribution in [0.25, 0.3) is 11.1 Å². The number of amides is 1. The quantitative estimate of drug-likeness (QED) is 0.854. The molecule has 0 fully saturated rings. The van der Waals surface area contributed by atoms with Gasteiger partial charge in [-0.05, 0) is 31.2 Å². The highest BCUT2D eigenvalue weighted by Crippen LogP contribution is 2.27. The maximum atomic E-state index is 12.8. The molecule has 0 saturated carbocycles. The van der Waals surface area contributed by atoms with Crippen molar-refractivity contribution in [3.05, 3.63) is 23.0 Å². The molecule has 0 aromatic carbocycles. The summed E-state index contributed by atoms with van der Waals surface area (Å²) in [5.74, 6) is 0.458. The van der Waals surface area contributed by atoms with Crippen molar-refractivity contribution in [2.75, 3.05) is 6.54 Å². The van der Waals surface area contributed by atoms with E-state index in [1.54, 1.807) is 6.07 Å². The summed E-state index contributed by atoms with van der Waals surface area (Å²) in [6, 6.07) is 1.73. The van der Waals surface area contributed by atoms with Gasteiger partial charge in [0.15, 0.2) is 0 Å². The average Bonchev–Trinajstić information content (AvgIpc) is 2.88. The third-order valence-electron chi connectivity index (χ3n) is 3.77. The van der Waals surface area contributed by atoms with E-state index in [0.717, 1.165) is 17.8 Å². The lowest BCUT2D eigenvalue weighted by Gasteiger charge is -2.19. The maximum Gasteiger partial charge on any atom is 0.259 e. The van der Waals surface area contributed by atoms with Crippen molar-refractivity contribution < 1.29 is 9.32 Å². The van der Waals surface area contributed by atoms with Crippen LogP contribution in [0.1, 0.15) is 61.8 Å². The fourth-order valence-corrected chi connectivity index (χ4v) is 2.72. The molecule has 3 N–H and O–H groups in total. The van der Waals surface area contributed by atoms with Crippen molar-refractivity contribution in [3.8, 4) is 0 Å². The number of hydrogen-bond donors (Lipinski definition) is 2. The minimum absolute atomic E-state index is 0.0478. The largest absolute Gasteiger partial charge is 0.348 e. The molecule has 0 bridgehead atoms. The van der Waals surface area contributed by atoms with Crippen molar-refractivity contribution in [1.82, 2.24) is 15.5 Å². The zero-order chi connectivity index (χ0) is 17.1. The molecule has 2 aromatic rings. The molecule has 0 aliphatic heterocycles. The number of nitrogens with zero attached hydrogens (tertiary/aromatic N) is 2. The van der Waals surface area contributed by atoms with E-state index in [-0.39, 0.29) is 17.9 Å². The number of carbonyl (C=O) groups excluding carboxylic acids is 1. The number of pyridine rings is 1. The topological polar surface area (TPSA) is 94.0 Å². The summed E-state index contributed by atoms with van der Waals surface area (Å²) in [4.78, 5) is 17.1. The Balaban J connectivity index is 2.41. The molecule has 0 saturated heterocycles. The van der Waals surface area contributed by atoms with E-state index in [1.807, 2.05) is 20.8 Å². The van der Waals surface area contributed by atoms with Gasteiger partial charge in [-0.1, -0.05) is 32.9 Å². The third kappa shape index (κ3) is 3.88. The van der Waals surface area contributed by atoms with Gasteiger partial charge in [0.05, 0.1) is 16.6 Å². The van der Waals surface area contributed by atoms with Gasteiger partial charge in [0.25, 0.3) is 11.6 Å². The molecule has 23 heavy (non-hydrogen) atoms. The van der Waals surface area contributed by atoms with Gasteiger partial charge in [0, 0.05) is 18.3 Å². The molecule has 1 amide bonds. The second-order valence-electron chi connectivity index (χ2n) is 6.75. The Morgan fingerprint density at radius 3 is 2.61 bits per heavy atom. The molecule has 0 aliphatic rings. The lowest BCUT2D eigenvalue weighted by Crippen LogP contribution is -2.41. The molecule has 6 nitrogen and oxygen atoms in total. The minimum atomic E-state index is -0.151. The van der Waals surface area contributed by atoms with E-state index in [0.29, 0.717) is 29.1 Å². The fourth-order valence-electron chi connectivity index (χ4n) is 2.72. The van der Waals surface area contributed by atoms with Crippen LogP contribution in [0.4, 0.5) is 0 Å². The van der Waals surface area contributed by atoms with E-state index >= 15 is 0 Å². The van der Waals surface area contributed by atoms with Gasteiger partial charge >= 0.3 is 0 Å². The van der Waals surface area contributed by atoms with Crippen LogP contribution < -0.4 is 11.1 Å². The van der Waals surface area contributed by atoms with E-state index < -0.39 is 0 Å². The average molecular weight is 318 g/mol. The Kier molecular flexibility index (Phi) is 5.36. The summed E-state index contributed by atoms with van der Waals surface area (Å²) < 4.78 is 5.31. The van der Waals surface area contributed by atoms with Crippen LogP contribution in [0.2, 0.25) is 0 Å². The molecule has 126 valence electrons. The van der Waals surface area contributed by atoms with Gasteiger partial charge in [-0.25, -0.2) is 4.98 Å². The van der Waals surface area contributed by atoms with Crippen LogP contribution in [0.3, 0.4) is 0 Å². The van der Waals surface area contributed by atoms with E-state index in [4.69, 9.17) is 10.3 Å². The van der Waals surface area contributed by atoms with Crippen LogP contribution in [-0.4, -0.2) is 28.6 Å². The number of carbonyl (C=O) groups is 1. The number of aromatic nitrogens is 2. The first-order chi connectivity index (χ1) is 10.8. The molecule has 6 heteroatoms. The summed E-state index contributed by atoms with van der Waals surface area (Å²) in [6.07, 6.45) is 0.843. The Hall–Kier alpha value is -1.95. The minimum Gasteiger partial charge on any atom is -0.348 e. The van der Waals surface area contributed by atoms with Crippen LogP contribution in [0.5, 0.6) is 0 Å². The third-order valence-corrected chi connectivity index (χ3v) is 3.77. The van der Waals surface area contributed by atoms with Gasteiger partial charge in [-0.15, -0.1) is 0 Å². The van der Waals surface area contributed by atoms with Crippen molar-refractivity contribution in [1.29, 1.82) is 0 Å². The summed E-state index contributed by atoms with van der Waals surface area (Å²) >= 11 is 0. The van der Waals surface area contributed by atoms with Crippen molar-refractivity contribution in [3.63, 3.8) is 0 Å². The second-order valence-corrected chi connectivity index (χ2v) is 6.75. The smallest absolute Gasteiger partial charge is 0.259 e. The molecule has 1 unspecified atom stereocenters. The number of nitrogens with two attached hydrogens (primary N) is 1. The lowest BCUT2D eigenvalue weighted by atomic mass is 10.0. The van der Waals surface area contributed by atoms with E-state index in [9.17, 15) is 4.79 Å². The van der Waals surface area contributed by atoms with Crippen LogP contribution in [0.15, 0.2) is 10.6 Å². The molecule has 0 spiro atoms.